The summed E-state index contributed by atoms with van der Waals surface area (Å²) in [5.74, 6) is 0.306. The molecule has 6 nitrogen and oxygen atoms in total. The van der Waals surface area contributed by atoms with Crippen molar-refractivity contribution in [3.8, 4) is 0 Å². The molecule has 142 valence electrons. The number of piperidine rings is 1. The van der Waals surface area contributed by atoms with Crippen molar-refractivity contribution in [1.82, 2.24) is 10.6 Å². The van der Waals surface area contributed by atoms with Crippen molar-refractivity contribution in [2.45, 2.75) is 25.9 Å². The Bertz CT molecular complexity index is 1030. The van der Waals surface area contributed by atoms with Crippen LogP contribution in [0.25, 0.3) is 0 Å². The van der Waals surface area contributed by atoms with Gasteiger partial charge >= 0.3 is 6.03 Å². The van der Waals surface area contributed by atoms with Gasteiger partial charge in [-0.25, -0.2) is 9.79 Å². The minimum absolute atomic E-state index is 0.0773. The minimum atomic E-state index is -0.512. The Morgan fingerprint density at radius 3 is 2.82 bits per heavy atom. The van der Waals surface area contributed by atoms with Gasteiger partial charge in [0.2, 0.25) is 5.91 Å². The normalized spacial score (nSPS) is 25.7. The van der Waals surface area contributed by atoms with Gasteiger partial charge in [0.1, 0.15) is 12.0 Å². The van der Waals surface area contributed by atoms with Crippen LogP contribution in [0.15, 0.2) is 47.5 Å². The number of hydrogen-bond donors (Lipinski definition) is 2. The highest BCUT2D eigenvalue weighted by Gasteiger charge is 2.48. The Morgan fingerprint density at radius 2 is 2.00 bits per heavy atom. The second-order valence-electron chi connectivity index (χ2n) is 7.57. The molecule has 5 rings (SSSR count). The van der Waals surface area contributed by atoms with E-state index in [-0.39, 0.29) is 17.7 Å². The van der Waals surface area contributed by atoms with E-state index in [0.29, 0.717) is 11.4 Å². The molecule has 0 saturated carbocycles. The molecular weight excluding hydrogens is 376 g/mol. The number of amides is 3. The summed E-state index contributed by atoms with van der Waals surface area (Å²) < 4.78 is 0. The zero-order valence-electron chi connectivity index (χ0n) is 15.3. The molecule has 2 aromatic carbocycles. The number of halogens is 1. The number of nitrogens with one attached hydrogen (secondary N) is 2. The highest BCUT2D eigenvalue weighted by Crippen LogP contribution is 2.42. The Hall–Kier alpha value is -2.86. The van der Waals surface area contributed by atoms with E-state index in [9.17, 15) is 9.59 Å². The number of aliphatic imine (C=N–C) groups is 1. The molecule has 2 N–H and O–H groups in total. The van der Waals surface area contributed by atoms with Gasteiger partial charge in [0, 0.05) is 5.92 Å². The maximum absolute atomic E-state index is 12.6. The summed E-state index contributed by atoms with van der Waals surface area (Å²) in [6.07, 6.45) is 0.923. The standard InChI is InChI=1S/C21H19ClN4O2/c1-11-6-7-12-9-13-10-14-19(24-21(28)25-20(14)27)26(18(13)23-16(12)8-11)17-5-3-2-4-15(17)22/h2-8,13-14,19H,9-10H2,1H3,(H2,24,25,27,28). The van der Waals surface area contributed by atoms with E-state index in [4.69, 9.17) is 16.6 Å². The molecule has 3 atom stereocenters. The SMILES string of the molecule is Cc1ccc2c(c1)N=C1C(C2)CC2C(=O)NC(=O)NC2N1c1ccccc1Cl. The van der Waals surface area contributed by atoms with Gasteiger partial charge in [0.25, 0.3) is 0 Å². The fourth-order valence-corrected chi connectivity index (χ4v) is 4.66. The fraction of sp³-hybridized carbons (Fsp3) is 0.286. The predicted molar refractivity (Wildman–Crippen MR) is 108 cm³/mol. The lowest BCUT2D eigenvalue weighted by atomic mass is 9.79. The zero-order chi connectivity index (χ0) is 19.4. The first-order valence-electron chi connectivity index (χ1n) is 9.34. The fourth-order valence-electron chi connectivity index (χ4n) is 4.43. The summed E-state index contributed by atoms with van der Waals surface area (Å²) in [5, 5.41) is 5.86. The number of fused-ring (bicyclic) bond motifs is 3. The van der Waals surface area contributed by atoms with Crippen molar-refractivity contribution >= 4 is 40.7 Å². The van der Waals surface area contributed by atoms with E-state index >= 15 is 0 Å². The number of carbonyl (C=O) groups is 2. The number of carbonyl (C=O) groups excluding carboxylic acids is 2. The van der Waals surface area contributed by atoms with Crippen LogP contribution in [0.1, 0.15) is 17.5 Å². The van der Waals surface area contributed by atoms with Gasteiger partial charge < -0.3 is 10.2 Å². The lowest BCUT2D eigenvalue weighted by molar-refractivity contribution is -0.126. The van der Waals surface area contributed by atoms with E-state index < -0.39 is 12.2 Å². The van der Waals surface area contributed by atoms with Gasteiger partial charge in [-0.1, -0.05) is 35.9 Å². The Balaban J connectivity index is 1.69. The maximum Gasteiger partial charge on any atom is 0.323 e. The van der Waals surface area contributed by atoms with Crippen LogP contribution in [-0.2, 0) is 11.2 Å². The third-order valence-electron chi connectivity index (χ3n) is 5.72. The van der Waals surface area contributed by atoms with Crippen molar-refractivity contribution in [2.75, 3.05) is 4.90 Å². The van der Waals surface area contributed by atoms with Gasteiger partial charge in [-0.3, -0.25) is 10.1 Å². The summed E-state index contributed by atoms with van der Waals surface area (Å²) in [4.78, 5) is 31.6. The molecule has 0 aliphatic carbocycles. The average Bonchev–Trinajstić information content (AvgIpc) is 2.66. The van der Waals surface area contributed by atoms with E-state index in [1.165, 1.54) is 5.56 Å². The Kier molecular flexibility index (Phi) is 3.91. The molecule has 0 radical (unpaired) electrons. The second kappa shape index (κ2) is 6.34. The lowest BCUT2D eigenvalue weighted by Gasteiger charge is -2.48. The van der Waals surface area contributed by atoms with Crippen LogP contribution in [0.3, 0.4) is 0 Å². The van der Waals surface area contributed by atoms with Crippen molar-refractivity contribution in [3.63, 3.8) is 0 Å². The number of amidine groups is 1. The zero-order valence-corrected chi connectivity index (χ0v) is 16.0. The van der Waals surface area contributed by atoms with Crippen LogP contribution < -0.4 is 15.5 Å². The molecule has 28 heavy (non-hydrogen) atoms. The number of benzene rings is 2. The molecule has 3 unspecified atom stereocenters. The molecule has 3 aliphatic rings. The third-order valence-corrected chi connectivity index (χ3v) is 6.04. The summed E-state index contributed by atoms with van der Waals surface area (Å²) in [6.45, 7) is 2.04. The average molecular weight is 395 g/mol. The summed E-state index contributed by atoms with van der Waals surface area (Å²) in [7, 11) is 0. The van der Waals surface area contributed by atoms with E-state index in [0.717, 1.165) is 29.2 Å². The number of aryl methyl sites for hydroxylation is 1. The Morgan fingerprint density at radius 1 is 1.18 bits per heavy atom. The first kappa shape index (κ1) is 17.3. The molecular formula is C21H19ClN4O2. The number of imide groups is 1. The number of para-hydroxylation sites is 1. The van der Waals surface area contributed by atoms with Crippen LogP contribution in [0, 0.1) is 18.8 Å². The predicted octanol–water partition coefficient (Wildman–Crippen LogP) is 3.54. The van der Waals surface area contributed by atoms with E-state index in [1.807, 2.05) is 36.1 Å². The third kappa shape index (κ3) is 2.67. The number of urea groups is 1. The Labute approximate surface area is 167 Å². The quantitative estimate of drug-likeness (QED) is 0.776. The van der Waals surface area contributed by atoms with Gasteiger partial charge in [-0.2, -0.15) is 0 Å². The molecule has 3 heterocycles. The largest absolute Gasteiger partial charge is 0.323 e. The van der Waals surface area contributed by atoms with Crippen LogP contribution in [0.2, 0.25) is 5.02 Å². The lowest BCUT2D eigenvalue weighted by Crippen LogP contribution is -2.69. The van der Waals surface area contributed by atoms with Gasteiger partial charge in [0.15, 0.2) is 0 Å². The first-order valence-corrected chi connectivity index (χ1v) is 9.72. The molecule has 0 aromatic heterocycles. The van der Waals surface area contributed by atoms with Crippen LogP contribution >= 0.6 is 11.6 Å². The van der Waals surface area contributed by atoms with Crippen molar-refractivity contribution < 1.29 is 9.59 Å². The minimum Gasteiger partial charge on any atom is -0.316 e. The number of anilines is 1. The summed E-state index contributed by atoms with van der Waals surface area (Å²) in [6, 6.07) is 13.2. The van der Waals surface area contributed by atoms with Crippen LogP contribution in [0.5, 0.6) is 0 Å². The molecule has 3 aliphatic heterocycles. The second-order valence-corrected chi connectivity index (χ2v) is 7.98. The van der Waals surface area contributed by atoms with Crippen molar-refractivity contribution in [3.05, 3.63) is 58.6 Å². The highest BCUT2D eigenvalue weighted by molar-refractivity contribution is 6.34. The van der Waals surface area contributed by atoms with E-state index in [1.54, 1.807) is 0 Å². The van der Waals surface area contributed by atoms with Crippen molar-refractivity contribution in [1.29, 1.82) is 0 Å². The van der Waals surface area contributed by atoms with Crippen LogP contribution in [-0.4, -0.2) is 23.9 Å². The molecule has 7 heteroatoms. The number of nitrogens with zero attached hydrogens (tertiary/aromatic N) is 2. The molecule has 0 spiro atoms. The highest BCUT2D eigenvalue weighted by atomic mass is 35.5. The monoisotopic (exact) mass is 394 g/mol. The number of rotatable bonds is 1. The van der Waals surface area contributed by atoms with Gasteiger partial charge in [-0.15, -0.1) is 0 Å². The molecule has 2 aromatic rings. The molecule has 2 saturated heterocycles. The van der Waals surface area contributed by atoms with Gasteiger partial charge in [-0.05, 0) is 49.1 Å². The molecule has 0 bridgehead atoms. The van der Waals surface area contributed by atoms with Crippen molar-refractivity contribution in [2.24, 2.45) is 16.8 Å². The molecule has 3 amide bonds. The maximum atomic E-state index is 12.6. The van der Waals surface area contributed by atoms with E-state index in [2.05, 4.69) is 28.8 Å². The summed E-state index contributed by atoms with van der Waals surface area (Å²) >= 11 is 6.51. The first-order chi connectivity index (χ1) is 13.5. The van der Waals surface area contributed by atoms with Gasteiger partial charge in [0.05, 0.1) is 22.3 Å². The molecule has 2 fully saturated rings. The smallest absolute Gasteiger partial charge is 0.316 e. The number of hydrogen-bond acceptors (Lipinski definition) is 4. The van der Waals surface area contributed by atoms with Crippen LogP contribution in [0.4, 0.5) is 16.2 Å². The summed E-state index contributed by atoms with van der Waals surface area (Å²) in [5.41, 5.74) is 4.00. The topological polar surface area (TPSA) is 73.8 Å².